The molecule has 0 amide bonds. The van der Waals surface area contributed by atoms with Crippen LogP contribution in [0.3, 0.4) is 0 Å². The molecule has 1 aliphatic heterocycles. The third-order valence-electron chi connectivity index (χ3n) is 3.59. The molecule has 1 saturated heterocycles. The summed E-state index contributed by atoms with van der Waals surface area (Å²) in [7, 11) is -6.51. The quantitative estimate of drug-likeness (QED) is 0.798. The van der Waals surface area contributed by atoms with Crippen LogP contribution in [0.15, 0.2) is 29.2 Å². The van der Waals surface area contributed by atoms with E-state index in [1.165, 1.54) is 12.1 Å². The van der Waals surface area contributed by atoms with Gasteiger partial charge in [-0.05, 0) is 30.2 Å². The molecule has 0 radical (unpaired) electrons. The Balaban J connectivity index is 1.92. The number of rotatable bonds is 5. The second-order valence-corrected chi connectivity index (χ2v) is 9.65. The van der Waals surface area contributed by atoms with Crippen molar-refractivity contribution < 1.29 is 21.2 Å². The summed E-state index contributed by atoms with van der Waals surface area (Å²) in [4.78, 5) is 0.0674. The van der Waals surface area contributed by atoms with Crippen molar-refractivity contribution in [3.05, 3.63) is 30.1 Å². The summed E-state index contributed by atoms with van der Waals surface area (Å²) in [6.45, 7) is 2.00. The highest BCUT2D eigenvalue weighted by atomic mass is 32.2. The number of hydrogen-bond acceptors (Lipinski definition) is 5. The molecular formula is C13H18FNO4S2. The largest absolute Gasteiger partial charge is 0.312 e. The average molecular weight is 335 g/mol. The average Bonchev–Trinajstić information content (AvgIpc) is 2.62. The second kappa shape index (κ2) is 6.02. The molecule has 0 saturated carbocycles. The van der Waals surface area contributed by atoms with E-state index in [1.807, 2.05) is 6.92 Å². The molecule has 0 aromatic heterocycles. The summed E-state index contributed by atoms with van der Waals surface area (Å²) in [6.07, 6.45) is 0. The van der Waals surface area contributed by atoms with Gasteiger partial charge in [0.2, 0.25) is 0 Å². The van der Waals surface area contributed by atoms with Crippen LogP contribution in [0.2, 0.25) is 0 Å². The van der Waals surface area contributed by atoms with Crippen LogP contribution < -0.4 is 5.32 Å². The molecule has 1 aromatic rings. The van der Waals surface area contributed by atoms with Crippen molar-refractivity contribution in [2.45, 2.75) is 17.9 Å². The third-order valence-corrected chi connectivity index (χ3v) is 7.22. The molecule has 118 valence electrons. The lowest BCUT2D eigenvalue weighted by Gasteiger charge is -2.15. The molecule has 5 nitrogen and oxygen atoms in total. The maximum atomic E-state index is 12.8. The van der Waals surface area contributed by atoms with E-state index >= 15 is 0 Å². The van der Waals surface area contributed by atoms with Gasteiger partial charge in [-0.1, -0.05) is 6.92 Å². The molecule has 0 aliphatic carbocycles. The van der Waals surface area contributed by atoms with Gasteiger partial charge in [-0.25, -0.2) is 21.2 Å². The maximum Gasteiger partial charge on any atom is 0.179 e. The van der Waals surface area contributed by atoms with Crippen LogP contribution in [0.25, 0.3) is 0 Å². The van der Waals surface area contributed by atoms with Gasteiger partial charge in [-0.2, -0.15) is 0 Å². The van der Waals surface area contributed by atoms with Gasteiger partial charge in [0.25, 0.3) is 0 Å². The van der Waals surface area contributed by atoms with E-state index < -0.39 is 25.5 Å². The predicted octanol–water partition coefficient (Wildman–Crippen LogP) is 0.622. The number of hydrogen-bond donors (Lipinski definition) is 1. The van der Waals surface area contributed by atoms with Crippen molar-refractivity contribution in [2.24, 2.45) is 5.92 Å². The zero-order valence-electron chi connectivity index (χ0n) is 11.6. The molecule has 1 N–H and O–H groups in total. The van der Waals surface area contributed by atoms with Crippen LogP contribution >= 0.6 is 0 Å². The molecule has 1 heterocycles. The van der Waals surface area contributed by atoms with Crippen LogP contribution in [-0.4, -0.2) is 46.7 Å². The van der Waals surface area contributed by atoms with Crippen LogP contribution in [0.5, 0.6) is 0 Å². The minimum atomic E-state index is -3.49. The molecule has 2 atom stereocenters. The molecule has 1 aromatic carbocycles. The van der Waals surface area contributed by atoms with Crippen molar-refractivity contribution >= 4 is 19.7 Å². The first-order valence-electron chi connectivity index (χ1n) is 6.62. The zero-order valence-corrected chi connectivity index (χ0v) is 13.3. The first-order valence-corrected chi connectivity index (χ1v) is 10.1. The van der Waals surface area contributed by atoms with Gasteiger partial charge in [0.1, 0.15) is 5.82 Å². The van der Waals surface area contributed by atoms with E-state index in [0.717, 1.165) is 12.1 Å². The van der Waals surface area contributed by atoms with Gasteiger partial charge < -0.3 is 5.32 Å². The first kappa shape index (κ1) is 16.4. The Kier molecular flexibility index (Phi) is 4.69. The van der Waals surface area contributed by atoms with Crippen LogP contribution in [0.1, 0.15) is 6.92 Å². The minimum Gasteiger partial charge on any atom is -0.312 e. The van der Waals surface area contributed by atoms with Gasteiger partial charge >= 0.3 is 0 Å². The van der Waals surface area contributed by atoms with E-state index in [0.29, 0.717) is 0 Å². The Morgan fingerprint density at radius 2 is 1.86 bits per heavy atom. The van der Waals surface area contributed by atoms with Crippen molar-refractivity contribution in [1.29, 1.82) is 0 Å². The number of nitrogens with one attached hydrogen (secondary N) is 1. The molecule has 1 aliphatic rings. The fraction of sp³-hybridized carbons (Fsp3) is 0.538. The Labute approximate surface area is 124 Å². The standard InChI is InChI=1S/C13H18FNO4S2/c1-10-8-20(16,17)9-13(10)15-6-7-21(18,19)12-4-2-11(14)3-5-12/h2-5,10,13,15H,6-9H2,1H3/t10-,13+/m1/s1. The highest BCUT2D eigenvalue weighted by molar-refractivity contribution is 7.91. The van der Waals surface area contributed by atoms with E-state index in [2.05, 4.69) is 5.32 Å². The van der Waals surface area contributed by atoms with Crippen molar-refractivity contribution in [2.75, 3.05) is 23.8 Å². The molecule has 2 rings (SSSR count). The normalized spacial score (nSPS) is 25.0. The molecular weight excluding hydrogens is 317 g/mol. The molecule has 21 heavy (non-hydrogen) atoms. The van der Waals surface area contributed by atoms with Crippen LogP contribution in [0.4, 0.5) is 4.39 Å². The lowest BCUT2D eigenvalue weighted by atomic mass is 10.1. The van der Waals surface area contributed by atoms with E-state index in [1.54, 1.807) is 0 Å². The molecule has 0 unspecified atom stereocenters. The SMILES string of the molecule is C[C@@H]1CS(=O)(=O)C[C@@H]1NCCS(=O)(=O)c1ccc(F)cc1. The summed E-state index contributed by atoms with van der Waals surface area (Å²) in [5.41, 5.74) is 0. The van der Waals surface area contributed by atoms with Gasteiger partial charge in [0.15, 0.2) is 19.7 Å². The second-order valence-electron chi connectivity index (χ2n) is 5.39. The Hall–Kier alpha value is -0.990. The molecule has 0 bridgehead atoms. The number of benzene rings is 1. The first-order chi connectivity index (χ1) is 9.70. The highest BCUT2D eigenvalue weighted by Gasteiger charge is 2.34. The minimum absolute atomic E-state index is 0.0245. The Morgan fingerprint density at radius 1 is 1.24 bits per heavy atom. The zero-order chi connectivity index (χ0) is 15.7. The van der Waals surface area contributed by atoms with Crippen LogP contribution in [0, 0.1) is 11.7 Å². The summed E-state index contributed by atoms with van der Waals surface area (Å²) < 4.78 is 59.8. The Bertz CT molecular complexity index is 698. The monoisotopic (exact) mass is 335 g/mol. The Morgan fingerprint density at radius 3 is 2.38 bits per heavy atom. The fourth-order valence-electron chi connectivity index (χ4n) is 2.42. The topological polar surface area (TPSA) is 80.3 Å². The molecule has 0 spiro atoms. The van der Waals surface area contributed by atoms with E-state index in [9.17, 15) is 21.2 Å². The van der Waals surface area contributed by atoms with E-state index in [4.69, 9.17) is 0 Å². The van der Waals surface area contributed by atoms with Gasteiger partial charge in [-0.3, -0.25) is 0 Å². The maximum absolute atomic E-state index is 12.8. The smallest absolute Gasteiger partial charge is 0.179 e. The lowest BCUT2D eigenvalue weighted by Crippen LogP contribution is -2.37. The number of halogens is 1. The summed E-state index contributed by atoms with van der Waals surface area (Å²) >= 11 is 0. The van der Waals surface area contributed by atoms with Crippen LogP contribution in [-0.2, 0) is 19.7 Å². The lowest BCUT2D eigenvalue weighted by molar-refractivity contribution is 0.465. The molecule has 1 fully saturated rings. The van der Waals surface area contributed by atoms with E-state index in [-0.39, 0.29) is 40.7 Å². The summed E-state index contributed by atoms with van der Waals surface area (Å²) in [5.74, 6) is -0.484. The summed E-state index contributed by atoms with van der Waals surface area (Å²) in [5, 5.41) is 2.99. The molecule has 8 heteroatoms. The van der Waals surface area contributed by atoms with Crippen molar-refractivity contribution in [3.8, 4) is 0 Å². The third kappa shape index (κ3) is 4.24. The summed E-state index contributed by atoms with van der Waals surface area (Å²) in [6, 6.07) is 4.46. The number of sulfone groups is 2. The fourth-order valence-corrected chi connectivity index (χ4v) is 5.76. The van der Waals surface area contributed by atoms with Crippen molar-refractivity contribution in [1.82, 2.24) is 5.32 Å². The van der Waals surface area contributed by atoms with Gasteiger partial charge in [-0.15, -0.1) is 0 Å². The highest BCUT2D eigenvalue weighted by Crippen LogP contribution is 2.18. The predicted molar refractivity (Wildman–Crippen MR) is 78.1 cm³/mol. The van der Waals surface area contributed by atoms with Crippen molar-refractivity contribution in [3.63, 3.8) is 0 Å². The van der Waals surface area contributed by atoms with Gasteiger partial charge in [0, 0.05) is 12.6 Å². The van der Waals surface area contributed by atoms with Gasteiger partial charge in [0.05, 0.1) is 22.2 Å².